The standard InChI is InChI=1S/C18H27FN4O2.HI/c1-3-4-8-24-10-11-25-9-7-22-18(21-2)23-14-16-6-5-15(13-20)12-17(16)19;/h5-6,12H,3-4,7-11,14H2,1-2H3,(H2,21,22,23);1H. The average Bonchev–Trinajstić information content (AvgIpc) is 2.63. The summed E-state index contributed by atoms with van der Waals surface area (Å²) >= 11 is 0. The lowest BCUT2D eigenvalue weighted by molar-refractivity contribution is 0.0487. The molecule has 0 heterocycles. The van der Waals surface area contributed by atoms with E-state index in [1.165, 1.54) is 6.07 Å². The lowest BCUT2D eigenvalue weighted by Crippen LogP contribution is -2.38. The highest BCUT2D eigenvalue weighted by molar-refractivity contribution is 14.0. The van der Waals surface area contributed by atoms with Gasteiger partial charge in [0.2, 0.25) is 0 Å². The monoisotopic (exact) mass is 478 g/mol. The predicted molar refractivity (Wildman–Crippen MR) is 111 cm³/mol. The zero-order chi connectivity index (χ0) is 18.3. The minimum atomic E-state index is -0.409. The molecule has 1 aromatic carbocycles. The van der Waals surface area contributed by atoms with Crippen molar-refractivity contribution in [2.75, 3.05) is 40.0 Å². The molecule has 0 aromatic heterocycles. The molecule has 26 heavy (non-hydrogen) atoms. The van der Waals surface area contributed by atoms with Crippen LogP contribution in [-0.4, -0.2) is 46.0 Å². The summed E-state index contributed by atoms with van der Waals surface area (Å²) in [5, 5.41) is 14.9. The molecule has 0 fully saturated rings. The Bertz CT molecular complexity index is 579. The van der Waals surface area contributed by atoms with Crippen molar-refractivity contribution < 1.29 is 13.9 Å². The Kier molecular flexibility index (Phi) is 14.9. The molecule has 0 aliphatic heterocycles. The number of nitriles is 1. The summed E-state index contributed by atoms with van der Waals surface area (Å²) in [7, 11) is 1.65. The van der Waals surface area contributed by atoms with Gasteiger partial charge >= 0.3 is 0 Å². The van der Waals surface area contributed by atoms with Crippen LogP contribution in [-0.2, 0) is 16.0 Å². The van der Waals surface area contributed by atoms with Crippen molar-refractivity contribution in [1.82, 2.24) is 10.6 Å². The van der Waals surface area contributed by atoms with E-state index in [9.17, 15) is 4.39 Å². The van der Waals surface area contributed by atoms with E-state index in [1.54, 1.807) is 19.2 Å². The number of hydrogen-bond donors (Lipinski definition) is 2. The molecule has 0 aliphatic carbocycles. The van der Waals surface area contributed by atoms with E-state index >= 15 is 0 Å². The summed E-state index contributed by atoms with van der Waals surface area (Å²) in [6.07, 6.45) is 2.20. The van der Waals surface area contributed by atoms with E-state index in [4.69, 9.17) is 14.7 Å². The van der Waals surface area contributed by atoms with Gasteiger partial charge in [0.1, 0.15) is 5.82 Å². The predicted octanol–water partition coefficient (Wildman–Crippen LogP) is 2.81. The van der Waals surface area contributed by atoms with Gasteiger partial charge in [0.15, 0.2) is 5.96 Å². The Morgan fingerprint density at radius 2 is 1.92 bits per heavy atom. The van der Waals surface area contributed by atoms with Gasteiger partial charge in [0.25, 0.3) is 0 Å². The number of nitrogens with one attached hydrogen (secondary N) is 2. The van der Waals surface area contributed by atoms with E-state index in [0.29, 0.717) is 43.5 Å². The molecule has 8 heteroatoms. The first-order valence-electron chi connectivity index (χ1n) is 8.49. The fourth-order valence-electron chi connectivity index (χ4n) is 1.97. The molecule has 0 bridgehead atoms. The summed E-state index contributed by atoms with van der Waals surface area (Å²) in [6.45, 7) is 5.47. The van der Waals surface area contributed by atoms with Crippen molar-refractivity contribution in [2.24, 2.45) is 4.99 Å². The van der Waals surface area contributed by atoms with Crippen molar-refractivity contribution in [3.8, 4) is 6.07 Å². The first-order chi connectivity index (χ1) is 12.2. The lowest BCUT2D eigenvalue weighted by Gasteiger charge is -2.12. The van der Waals surface area contributed by atoms with Crippen LogP contribution in [0.25, 0.3) is 0 Å². The molecule has 6 nitrogen and oxygen atoms in total. The molecule has 0 saturated heterocycles. The van der Waals surface area contributed by atoms with Crippen molar-refractivity contribution >= 4 is 29.9 Å². The van der Waals surface area contributed by atoms with Crippen molar-refractivity contribution in [3.63, 3.8) is 0 Å². The van der Waals surface area contributed by atoms with Crippen LogP contribution >= 0.6 is 24.0 Å². The van der Waals surface area contributed by atoms with Gasteiger partial charge in [-0.1, -0.05) is 19.4 Å². The summed E-state index contributed by atoms with van der Waals surface area (Å²) < 4.78 is 24.7. The smallest absolute Gasteiger partial charge is 0.191 e. The van der Waals surface area contributed by atoms with E-state index in [1.807, 2.05) is 6.07 Å². The number of nitrogens with zero attached hydrogens (tertiary/aromatic N) is 2. The van der Waals surface area contributed by atoms with Crippen LogP contribution in [0.2, 0.25) is 0 Å². The van der Waals surface area contributed by atoms with Crippen LogP contribution in [0.15, 0.2) is 23.2 Å². The largest absolute Gasteiger partial charge is 0.379 e. The van der Waals surface area contributed by atoms with Gasteiger partial charge in [0, 0.05) is 32.3 Å². The summed E-state index contributed by atoms with van der Waals surface area (Å²) in [5.74, 6) is 0.153. The highest BCUT2D eigenvalue weighted by Crippen LogP contribution is 2.09. The molecule has 0 spiro atoms. The molecule has 1 aromatic rings. The van der Waals surface area contributed by atoms with Gasteiger partial charge in [-0.15, -0.1) is 24.0 Å². The minimum absolute atomic E-state index is 0. The minimum Gasteiger partial charge on any atom is -0.379 e. The highest BCUT2D eigenvalue weighted by atomic mass is 127. The molecule has 0 atom stereocenters. The topological polar surface area (TPSA) is 78.7 Å². The van der Waals surface area contributed by atoms with Crippen molar-refractivity contribution in [3.05, 3.63) is 35.1 Å². The Morgan fingerprint density at radius 3 is 2.54 bits per heavy atom. The fraction of sp³-hybridized carbons (Fsp3) is 0.556. The number of benzene rings is 1. The second-order valence-corrected chi connectivity index (χ2v) is 5.35. The summed E-state index contributed by atoms with van der Waals surface area (Å²) in [6, 6.07) is 6.32. The quantitative estimate of drug-likeness (QED) is 0.221. The summed E-state index contributed by atoms with van der Waals surface area (Å²) in [5.41, 5.74) is 0.780. The number of hydrogen-bond acceptors (Lipinski definition) is 4. The number of ether oxygens (including phenoxy) is 2. The Balaban J connectivity index is 0.00000625. The SMILES string of the molecule is CCCCOCCOCCNC(=NC)NCc1ccc(C#N)cc1F.I. The van der Waals surface area contributed by atoms with Crippen LogP contribution in [0.1, 0.15) is 30.9 Å². The normalized spacial score (nSPS) is 10.8. The third-order valence-corrected chi connectivity index (χ3v) is 3.41. The number of unbranched alkanes of at least 4 members (excludes halogenated alkanes) is 1. The molecular formula is C18H28FIN4O2. The molecule has 0 unspecified atom stereocenters. The Morgan fingerprint density at radius 1 is 1.19 bits per heavy atom. The van der Waals surface area contributed by atoms with E-state index in [-0.39, 0.29) is 30.5 Å². The molecule has 0 amide bonds. The first kappa shape index (κ1) is 24.6. The maximum Gasteiger partial charge on any atom is 0.191 e. The van der Waals surface area contributed by atoms with Gasteiger partial charge < -0.3 is 20.1 Å². The average molecular weight is 478 g/mol. The number of halogens is 2. The lowest BCUT2D eigenvalue weighted by atomic mass is 10.1. The van der Waals surface area contributed by atoms with Gasteiger partial charge in [-0.2, -0.15) is 5.26 Å². The van der Waals surface area contributed by atoms with Crippen LogP contribution in [0.4, 0.5) is 4.39 Å². The fourth-order valence-corrected chi connectivity index (χ4v) is 1.97. The van der Waals surface area contributed by atoms with Crippen molar-refractivity contribution in [2.45, 2.75) is 26.3 Å². The number of guanidine groups is 1. The van der Waals surface area contributed by atoms with E-state index in [0.717, 1.165) is 19.4 Å². The molecular weight excluding hydrogens is 450 g/mol. The van der Waals surface area contributed by atoms with Gasteiger partial charge in [-0.3, -0.25) is 4.99 Å². The Hall–Kier alpha value is -1.44. The molecule has 0 radical (unpaired) electrons. The van der Waals surface area contributed by atoms with Crippen molar-refractivity contribution in [1.29, 1.82) is 5.26 Å². The second-order valence-electron chi connectivity index (χ2n) is 5.35. The molecule has 2 N–H and O–H groups in total. The zero-order valence-corrected chi connectivity index (χ0v) is 17.7. The van der Waals surface area contributed by atoms with Crippen LogP contribution in [0.5, 0.6) is 0 Å². The van der Waals surface area contributed by atoms with Gasteiger partial charge in [-0.25, -0.2) is 4.39 Å². The molecule has 0 aliphatic rings. The highest BCUT2D eigenvalue weighted by Gasteiger charge is 2.05. The first-order valence-corrected chi connectivity index (χ1v) is 8.49. The zero-order valence-electron chi connectivity index (χ0n) is 15.4. The maximum atomic E-state index is 13.8. The van der Waals surface area contributed by atoms with Crippen LogP contribution in [0.3, 0.4) is 0 Å². The Labute approximate surface area is 172 Å². The third-order valence-electron chi connectivity index (χ3n) is 3.41. The number of rotatable bonds is 11. The second kappa shape index (κ2) is 15.8. The number of aliphatic imine (C=N–C) groups is 1. The van der Waals surface area contributed by atoms with Gasteiger partial charge in [-0.05, 0) is 18.6 Å². The maximum absolute atomic E-state index is 13.8. The molecule has 1 rings (SSSR count). The van der Waals surface area contributed by atoms with E-state index < -0.39 is 5.82 Å². The summed E-state index contributed by atoms with van der Waals surface area (Å²) in [4.78, 5) is 4.07. The van der Waals surface area contributed by atoms with Gasteiger partial charge in [0.05, 0.1) is 31.5 Å². The van der Waals surface area contributed by atoms with E-state index in [2.05, 4.69) is 22.5 Å². The third kappa shape index (κ3) is 10.5. The molecule has 0 saturated carbocycles. The molecule has 146 valence electrons. The van der Waals surface area contributed by atoms with Crippen LogP contribution in [0, 0.1) is 17.1 Å². The van der Waals surface area contributed by atoms with Crippen LogP contribution < -0.4 is 10.6 Å².